The van der Waals surface area contributed by atoms with E-state index in [-0.39, 0.29) is 13.1 Å². The highest BCUT2D eigenvalue weighted by Crippen LogP contribution is 2.30. The van der Waals surface area contributed by atoms with Gasteiger partial charge < -0.3 is 0 Å². The number of alkyl halides is 6. The molecule has 130 valence electrons. The zero-order valence-electron chi connectivity index (χ0n) is 12.3. The lowest BCUT2D eigenvalue weighted by atomic mass is 10.1. The normalized spacial score (nSPS) is 12.4. The summed E-state index contributed by atoms with van der Waals surface area (Å²) >= 11 is 0. The third-order valence-corrected chi connectivity index (χ3v) is 3.22. The van der Waals surface area contributed by atoms with Crippen molar-refractivity contribution in [1.82, 2.24) is 10.9 Å². The van der Waals surface area contributed by atoms with Gasteiger partial charge in [-0.25, -0.2) is 0 Å². The molecule has 0 aliphatic carbocycles. The molecule has 0 atom stereocenters. The van der Waals surface area contributed by atoms with E-state index in [1.54, 1.807) is 0 Å². The molecule has 0 amide bonds. The third-order valence-electron chi connectivity index (χ3n) is 3.22. The van der Waals surface area contributed by atoms with Crippen molar-refractivity contribution in [3.63, 3.8) is 0 Å². The quantitative estimate of drug-likeness (QED) is 0.472. The standard InChI is InChI=1S/C16H14F6N2/c17-15(18,19)13-5-1-3-11(7-13)9-23-24-10-12-4-2-6-14(8-12)16(20,21)22/h1-8,23-24H,9-10H2. The minimum absolute atomic E-state index is 0.100. The Morgan fingerprint density at radius 1 is 0.625 bits per heavy atom. The van der Waals surface area contributed by atoms with Crippen LogP contribution in [0.5, 0.6) is 0 Å². The molecule has 8 heteroatoms. The van der Waals surface area contributed by atoms with Gasteiger partial charge in [-0.2, -0.15) is 26.3 Å². The fourth-order valence-electron chi connectivity index (χ4n) is 2.04. The van der Waals surface area contributed by atoms with Crippen LogP contribution in [0, 0.1) is 0 Å². The largest absolute Gasteiger partial charge is 0.416 e. The van der Waals surface area contributed by atoms with Gasteiger partial charge >= 0.3 is 12.4 Å². The molecular formula is C16H14F6N2. The summed E-state index contributed by atoms with van der Waals surface area (Å²) in [5.41, 5.74) is 4.68. The van der Waals surface area contributed by atoms with Gasteiger partial charge in [0.15, 0.2) is 0 Å². The third kappa shape index (κ3) is 5.24. The van der Waals surface area contributed by atoms with E-state index in [1.807, 2.05) is 0 Å². The van der Waals surface area contributed by atoms with E-state index in [0.717, 1.165) is 24.3 Å². The summed E-state index contributed by atoms with van der Waals surface area (Å²) in [6.07, 6.45) is -8.83. The van der Waals surface area contributed by atoms with Gasteiger partial charge in [-0.15, -0.1) is 0 Å². The number of rotatable bonds is 5. The summed E-state index contributed by atoms with van der Waals surface area (Å²) in [6.45, 7) is 0.200. The molecule has 0 saturated carbocycles. The van der Waals surface area contributed by atoms with Crippen molar-refractivity contribution >= 4 is 0 Å². The highest BCUT2D eigenvalue weighted by molar-refractivity contribution is 5.26. The van der Waals surface area contributed by atoms with Crippen molar-refractivity contribution < 1.29 is 26.3 Å². The number of halogens is 6. The Morgan fingerprint density at radius 2 is 1.00 bits per heavy atom. The molecule has 0 bridgehead atoms. The van der Waals surface area contributed by atoms with Crippen molar-refractivity contribution in [3.05, 3.63) is 70.8 Å². The van der Waals surface area contributed by atoms with Gasteiger partial charge in [0, 0.05) is 13.1 Å². The lowest BCUT2D eigenvalue weighted by Crippen LogP contribution is -2.30. The molecule has 0 radical (unpaired) electrons. The van der Waals surface area contributed by atoms with Crippen molar-refractivity contribution in [1.29, 1.82) is 0 Å². The molecular weight excluding hydrogens is 334 g/mol. The molecule has 0 fully saturated rings. The summed E-state index contributed by atoms with van der Waals surface area (Å²) < 4.78 is 75.5. The Morgan fingerprint density at radius 3 is 1.33 bits per heavy atom. The highest BCUT2D eigenvalue weighted by Gasteiger charge is 2.31. The minimum atomic E-state index is -4.42. The second kappa shape index (κ2) is 7.23. The minimum Gasteiger partial charge on any atom is -0.253 e. The van der Waals surface area contributed by atoms with E-state index in [0.29, 0.717) is 11.1 Å². The van der Waals surface area contributed by atoms with Crippen LogP contribution in [0.1, 0.15) is 22.3 Å². The van der Waals surface area contributed by atoms with Gasteiger partial charge in [-0.05, 0) is 23.3 Å². The Hall–Kier alpha value is -2.06. The first kappa shape index (κ1) is 18.3. The van der Waals surface area contributed by atoms with E-state index in [1.165, 1.54) is 24.3 Å². The molecule has 0 saturated heterocycles. The number of hydrazine groups is 1. The van der Waals surface area contributed by atoms with Crippen LogP contribution in [0.3, 0.4) is 0 Å². The maximum absolute atomic E-state index is 12.6. The van der Waals surface area contributed by atoms with Crippen LogP contribution in [0.25, 0.3) is 0 Å². The molecule has 0 aliphatic rings. The number of hydrogen-bond acceptors (Lipinski definition) is 2. The second-order valence-electron chi connectivity index (χ2n) is 5.10. The van der Waals surface area contributed by atoms with Gasteiger partial charge in [0.2, 0.25) is 0 Å². The van der Waals surface area contributed by atoms with Crippen LogP contribution in [0.2, 0.25) is 0 Å². The summed E-state index contributed by atoms with van der Waals surface area (Å²) in [7, 11) is 0. The summed E-state index contributed by atoms with van der Waals surface area (Å²) in [5, 5.41) is 0. The van der Waals surface area contributed by atoms with E-state index >= 15 is 0 Å². The predicted molar refractivity (Wildman–Crippen MR) is 76.6 cm³/mol. The van der Waals surface area contributed by atoms with Gasteiger partial charge in [0.25, 0.3) is 0 Å². The monoisotopic (exact) mass is 348 g/mol. The maximum Gasteiger partial charge on any atom is 0.416 e. The fourth-order valence-corrected chi connectivity index (χ4v) is 2.04. The van der Waals surface area contributed by atoms with Gasteiger partial charge in [-0.3, -0.25) is 10.9 Å². The van der Waals surface area contributed by atoms with Crippen molar-refractivity contribution in [2.75, 3.05) is 0 Å². The Balaban J connectivity index is 1.88. The van der Waals surface area contributed by atoms with E-state index < -0.39 is 23.5 Å². The molecule has 2 N–H and O–H groups in total. The van der Waals surface area contributed by atoms with Gasteiger partial charge in [0.1, 0.15) is 0 Å². The first-order chi connectivity index (χ1) is 11.2. The fraction of sp³-hybridized carbons (Fsp3) is 0.250. The van der Waals surface area contributed by atoms with Crippen LogP contribution >= 0.6 is 0 Å². The van der Waals surface area contributed by atoms with Crippen LogP contribution in [0.4, 0.5) is 26.3 Å². The molecule has 2 aromatic rings. The number of hydrogen-bond donors (Lipinski definition) is 2. The Bertz CT molecular complexity index is 619. The molecule has 2 aromatic carbocycles. The first-order valence-corrected chi connectivity index (χ1v) is 6.94. The number of nitrogens with one attached hydrogen (secondary N) is 2. The topological polar surface area (TPSA) is 24.1 Å². The molecule has 24 heavy (non-hydrogen) atoms. The molecule has 0 aromatic heterocycles. The zero-order chi connectivity index (χ0) is 17.8. The Labute approximate surface area is 134 Å². The smallest absolute Gasteiger partial charge is 0.253 e. The lowest BCUT2D eigenvalue weighted by Gasteiger charge is -2.11. The average molecular weight is 348 g/mol. The zero-order valence-corrected chi connectivity index (χ0v) is 12.3. The molecule has 2 nitrogen and oxygen atoms in total. The van der Waals surface area contributed by atoms with Crippen LogP contribution in [-0.2, 0) is 25.4 Å². The number of benzene rings is 2. The van der Waals surface area contributed by atoms with Gasteiger partial charge in [0.05, 0.1) is 11.1 Å². The Kier molecular flexibility index (Phi) is 5.51. The second-order valence-corrected chi connectivity index (χ2v) is 5.10. The average Bonchev–Trinajstić information content (AvgIpc) is 2.51. The van der Waals surface area contributed by atoms with Crippen LogP contribution in [0.15, 0.2) is 48.5 Å². The summed E-state index contributed by atoms with van der Waals surface area (Å²) in [6, 6.07) is 9.61. The van der Waals surface area contributed by atoms with E-state index in [9.17, 15) is 26.3 Å². The summed E-state index contributed by atoms with van der Waals surface area (Å²) in [5.74, 6) is 0. The summed E-state index contributed by atoms with van der Waals surface area (Å²) in [4.78, 5) is 0. The molecule has 0 aliphatic heterocycles. The van der Waals surface area contributed by atoms with E-state index in [2.05, 4.69) is 10.9 Å². The van der Waals surface area contributed by atoms with Crippen molar-refractivity contribution in [2.24, 2.45) is 0 Å². The SMILES string of the molecule is FC(F)(F)c1cccc(CNNCc2cccc(C(F)(F)F)c2)c1. The maximum atomic E-state index is 12.6. The lowest BCUT2D eigenvalue weighted by molar-refractivity contribution is -0.138. The van der Waals surface area contributed by atoms with Crippen LogP contribution < -0.4 is 10.9 Å². The molecule has 0 heterocycles. The molecule has 0 unspecified atom stereocenters. The van der Waals surface area contributed by atoms with Crippen molar-refractivity contribution in [3.8, 4) is 0 Å². The molecule has 0 spiro atoms. The van der Waals surface area contributed by atoms with Crippen molar-refractivity contribution in [2.45, 2.75) is 25.4 Å². The van der Waals surface area contributed by atoms with Gasteiger partial charge in [-0.1, -0.05) is 36.4 Å². The van der Waals surface area contributed by atoms with Crippen LogP contribution in [-0.4, -0.2) is 0 Å². The predicted octanol–water partition coefficient (Wildman–Crippen LogP) is 4.52. The van der Waals surface area contributed by atoms with E-state index in [4.69, 9.17) is 0 Å². The highest BCUT2D eigenvalue weighted by atomic mass is 19.4. The first-order valence-electron chi connectivity index (χ1n) is 6.94. The molecule has 2 rings (SSSR count).